The number of allylic oxidation sites excluding steroid dienone is 2. The molecule has 1 aliphatic rings. The van der Waals surface area contributed by atoms with E-state index < -0.39 is 5.91 Å². The molecule has 6 heteroatoms. The Labute approximate surface area is 183 Å². The fourth-order valence-corrected chi connectivity index (χ4v) is 3.31. The van der Waals surface area contributed by atoms with Gasteiger partial charge in [-0.1, -0.05) is 48.5 Å². The van der Waals surface area contributed by atoms with Gasteiger partial charge in [0.1, 0.15) is 11.5 Å². The van der Waals surface area contributed by atoms with Gasteiger partial charge in [-0.25, -0.2) is 4.39 Å². The molecule has 0 aromatic heterocycles. The molecule has 0 atom stereocenters. The van der Waals surface area contributed by atoms with Crippen molar-refractivity contribution in [3.05, 3.63) is 88.9 Å². The van der Waals surface area contributed by atoms with Crippen molar-refractivity contribution in [1.29, 1.82) is 0 Å². The van der Waals surface area contributed by atoms with Crippen molar-refractivity contribution in [2.75, 3.05) is 20.2 Å². The molecule has 0 saturated heterocycles. The summed E-state index contributed by atoms with van der Waals surface area (Å²) in [4.78, 5) is 16.5. The smallest absolute Gasteiger partial charge is 0.267 e. The average molecular weight is 424 g/mol. The van der Waals surface area contributed by atoms with E-state index >= 15 is 0 Å². The Morgan fingerprint density at radius 3 is 2.35 bits per heavy atom. The van der Waals surface area contributed by atoms with Gasteiger partial charge >= 0.3 is 0 Å². The molecule has 3 rings (SSSR count). The second kappa shape index (κ2) is 13.1. The molecule has 1 saturated carbocycles. The summed E-state index contributed by atoms with van der Waals surface area (Å²) in [7, 11) is 1.67. The molecule has 0 bridgehead atoms. The number of nitrogens with two attached hydrogens (primary N) is 1. The lowest BCUT2D eigenvalue weighted by molar-refractivity contribution is -0.117. The maximum Gasteiger partial charge on any atom is 0.267 e. The number of hydrogen-bond acceptors (Lipinski definition) is 4. The Hall–Kier alpha value is -3.25. The van der Waals surface area contributed by atoms with Crippen LogP contribution in [0.1, 0.15) is 31.2 Å². The van der Waals surface area contributed by atoms with Gasteiger partial charge < -0.3 is 16.2 Å². The number of carbonyl (C=O) groups is 1. The van der Waals surface area contributed by atoms with Gasteiger partial charge in [0.05, 0.1) is 12.3 Å². The van der Waals surface area contributed by atoms with Gasteiger partial charge in [-0.3, -0.25) is 9.79 Å². The molecule has 0 radical (unpaired) electrons. The molecule has 2 aromatic carbocycles. The molecule has 1 amide bonds. The van der Waals surface area contributed by atoms with E-state index in [1.165, 1.54) is 12.1 Å². The highest BCUT2D eigenvalue weighted by molar-refractivity contribution is 6.18. The van der Waals surface area contributed by atoms with E-state index in [4.69, 9.17) is 10.8 Å². The zero-order valence-electron chi connectivity index (χ0n) is 17.9. The third kappa shape index (κ3) is 7.83. The van der Waals surface area contributed by atoms with E-state index in [1.54, 1.807) is 13.1 Å². The number of aliphatic hydroxyl groups excluding tert-OH is 1. The molecule has 31 heavy (non-hydrogen) atoms. The van der Waals surface area contributed by atoms with Crippen LogP contribution in [0.2, 0.25) is 0 Å². The van der Waals surface area contributed by atoms with Crippen LogP contribution in [0, 0.1) is 5.82 Å². The second-order valence-corrected chi connectivity index (χ2v) is 7.03. The average Bonchev–Trinajstić information content (AvgIpc) is 3.00. The summed E-state index contributed by atoms with van der Waals surface area (Å²) in [5.74, 6) is -0.700. The predicted octanol–water partition coefficient (Wildman–Crippen LogP) is 3.86. The number of nitrogens with zero attached hydrogens (tertiary/aromatic N) is 1. The van der Waals surface area contributed by atoms with Crippen molar-refractivity contribution >= 4 is 17.7 Å². The predicted molar refractivity (Wildman–Crippen MR) is 124 cm³/mol. The SMILES string of the molecule is CN=C1/C(=C(\N)C(=O)NCCO)CCCC/C1=C\c1cccc(F)c1.c1ccccc1. The number of carbonyl (C=O) groups excluding carboxylic acids is 1. The van der Waals surface area contributed by atoms with Gasteiger partial charge in [0.15, 0.2) is 0 Å². The first-order valence-electron chi connectivity index (χ1n) is 10.4. The van der Waals surface area contributed by atoms with E-state index in [9.17, 15) is 9.18 Å². The highest BCUT2D eigenvalue weighted by Crippen LogP contribution is 2.28. The number of nitrogens with one attached hydrogen (secondary N) is 1. The lowest BCUT2D eigenvalue weighted by Gasteiger charge is -2.14. The topological polar surface area (TPSA) is 87.7 Å². The van der Waals surface area contributed by atoms with E-state index in [0.29, 0.717) is 17.7 Å². The van der Waals surface area contributed by atoms with Crippen LogP contribution < -0.4 is 11.1 Å². The normalized spacial score (nSPS) is 18.0. The summed E-state index contributed by atoms with van der Waals surface area (Å²) >= 11 is 0. The van der Waals surface area contributed by atoms with Crippen molar-refractivity contribution in [3.63, 3.8) is 0 Å². The zero-order valence-corrected chi connectivity index (χ0v) is 17.9. The number of halogens is 1. The summed E-state index contributed by atoms with van der Waals surface area (Å²) in [5, 5.41) is 11.4. The van der Waals surface area contributed by atoms with Crippen molar-refractivity contribution in [2.24, 2.45) is 10.7 Å². The number of benzene rings is 2. The Balaban J connectivity index is 0.000000488. The van der Waals surface area contributed by atoms with Crippen LogP contribution in [-0.4, -0.2) is 36.9 Å². The van der Waals surface area contributed by atoms with Crippen molar-refractivity contribution in [3.8, 4) is 0 Å². The minimum atomic E-state index is -0.405. The van der Waals surface area contributed by atoms with E-state index in [2.05, 4.69) is 10.3 Å². The molecule has 2 aromatic rings. The molecule has 1 fully saturated rings. The monoisotopic (exact) mass is 423 g/mol. The number of hydrogen-bond donors (Lipinski definition) is 3. The molecular weight excluding hydrogens is 393 g/mol. The number of rotatable bonds is 4. The van der Waals surface area contributed by atoms with Gasteiger partial charge in [-0.15, -0.1) is 0 Å². The molecule has 0 aliphatic heterocycles. The van der Waals surface area contributed by atoms with Crippen LogP contribution in [0.15, 0.2) is 82.5 Å². The van der Waals surface area contributed by atoms with Crippen molar-refractivity contribution < 1.29 is 14.3 Å². The van der Waals surface area contributed by atoms with Gasteiger partial charge in [0.25, 0.3) is 5.91 Å². The van der Waals surface area contributed by atoms with Gasteiger partial charge in [0.2, 0.25) is 0 Å². The Morgan fingerprint density at radius 1 is 1.13 bits per heavy atom. The van der Waals surface area contributed by atoms with Crippen LogP contribution in [-0.2, 0) is 4.79 Å². The van der Waals surface area contributed by atoms with Crippen LogP contribution >= 0.6 is 0 Å². The van der Waals surface area contributed by atoms with Gasteiger partial charge in [-0.05, 0) is 55.0 Å². The summed E-state index contributed by atoms with van der Waals surface area (Å²) in [6.07, 6.45) is 5.18. The van der Waals surface area contributed by atoms with Crippen LogP contribution in [0.5, 0.6) is 0 Å². The van der Waals surface area contributed by atoms with Crippen LogP contribution in [0.4, 0.5) is 4.39 Å². The summed E-state index contributed by atoms with van der Waals surface area (Å²) in [6, 6.07) is 18.4. The molecule has 164 valence electrons. The first-order chi connectivity index (χ1) is 15.1. The quantitative estimate of drug-likeness (QED) is 0.515. The molecule has 0 spiro atoms. The van der Waals surface area contributed by atoms with E-state index in [0.717, 1.165) is 30.4 Å². The standard InChI is InChI=1S/C19H24FN3O2.C6H6/c1-22-18-14(11-13-5-4-7-15(20)12-13)6-2-3-8-16(18)17(21)19(25)23-9-10-24;1-2-4-6-5-3-1/h4-5,7,11-12,24H,2-3,6,8-10,21H2,1H3,(H,23,25);1-6H/b14-11+,17-16-,22-18?;. The highest BCUT2D eigenvalue weighted by atomic mass is 19.1. The van der Waals surface area contributed by atoms with E-state index in [1.807, 2.05) is 48.5 Å². The van der Waals surface area contributed by atoms with Gasteiger partial charge in [-0.2, -0.15) is 0 Å². The third-order valence-corrected chi connectivity index (χ3v) is 4.76. The Morgan fingerprint density at radius 2 is 1.77 bits per heavy atom. The Kier molecular flexibility index (Phi) is 10.2. The van der Waals surface area contributed by atoms with Crippen LogP contribution in [0.25, 0.3) is 6.08 Å². The van der Waals surface area contributed by atoms with Crippen molar-refractivity contribution in [2.45, 2.75) is 25.7 Å². The summed E-state index contributed by atoms with van der Waals surface area (Å²) in [6.45, 7) is 0.00516. The zero-order chi connectivity index (χ0) is 22.5. The maximum absolute atomic E-state index is 13.4. The number of aliphatic hydroxyl groups is 1. The molecule has 4 N–H and O–H groups in total. The third-order valence-electron chi connectivity index (χ3n) is 4.76. The van der Waals surface area contributed by atoms with Crippen molar-refractivity contribution in [1.82, 2.24) is 5.32 Å². The van der Waals surface area contributed by atoms with Gasteiger partial charge in [0, 0.05) is 19.2 Å². The fraction of sp³-hybridized carbons (Fsp3) is 0.280. The van der Waals surface area contributed by atoms with Crippen LogP contribution in [0.3, 0.4) is 0 Å². The first-order valence-corrected chi connectivity index (χ1v) is 10.4. The molecule has 1 aliphatic carbocycles. The molecule has 0 heterocycles. The summed E-state index contributed by atoms with van der Waals surface area (Å²) < 4.78 is 13.4. The second-order valence-electron chi connectivity index (χ2n) is 7.03. The molecule has 5 nitrogen and oxygen atoms in total. The molecular formula is C25H30FN3O2. The maximum atomic E-state index is 13.4. The number of amides is 1. The van der Waals surface area contributed by atoms with E-state index in [-0.39, 0.29) is 24.7 Å². The largest absolute Gasteiger partial charge is 0.395 e. The highest BCUT2D eigenvalue weighted by Gasteiger charge is 2.22. The minimum absolute atomic E-state index is 0.126. The minimum Gasteiger partial charge on any atom is -0.395 e. The lowest BCUT2D eigenvalue weighted by Crippen LogP contribution is -2.32. The lowest BCUT2D eigenvalue weighted by atomic mass is 9.97. The molecule has 0 unspecified atom stereocenters. The fourth-order valence-electron chi connectivity index (χ4n) is 3.31. The Bertz CT molecular complexity index is 910. The summed E-state index contributed by atoms with van der Waals surface area (Å²) in [5.41, 5.74) is 9.29. The first kappa shape index (κ1) is 24.0. The number of aliphatic imine (C=N–C) groups is 1.